The van der Waals surface area contributed by atoms with Crippen LogP contribution in [0.5, 0.6) is 0 Å². The third kappa shape index (κ3) is 5.78. The smallest absolute Gasteiger partial charge is 0.165 e. The van der Waals surface area contributed by atoms with Crippen LogP contribution in [0.3, 0.4) is 0 Å². The predicted octanol–water partition coefficient (Wildman–Crippen LogP) is 14.5. The monoisotopic (exact) mass is 743 g/mol. The zero-order valence-electron chi connectivity index (χ0n) is 30.8. The molecule has 9 aromatic carbocycles. The van der Waals surface area contributed by atoms with Gasteiger partial charge in [-0.15, -0.1) is 11.3 Å². The topological polar surface area (TPSA) is 38.7 Å². The first-order chi connectivity index (χ1) is 28.3. The first kappa shape index (κ1) is 33.1. The van der Waals surface area contributed by atoms with E-state index in [1.54, 1.807) is 11.3 Å². The van der Waals surface area contributed by atoms with Gasteiger partial charge in [-0.25, -0.2) is 15.0 Å². The van der Waals surface area contributed by atoms with Crippen molar-refractivity contribution >= 4 is 53.1 Å². The van der Waals surface area contributed by atoms with Gasteiger partial charge in [0.05, 0.1) is 0 Å². The average Bonchev–Trinajstić information content (AvgIpc) is 3.68. The number of aromatic nitrogens is 3. The van der Waals surface area contributed by atoms with Crippen LogP contribution in [-0.2, 0) is 0 Å². The molecule has 11 aromatic rings. The molecule has 0 aliphatic heterocycles. The number of nitrogens with zero attached hydrogens (tertiary/aromatic N) is 3. The van der Waals surface area contributed by atoms with Crippen LogP contribution in [-0.4, -0.2) is 15.0 Å². The van der Waals surface area contributed by atoms with Gasteiger partial charge in [-0.05, 0) is 79.2 Å². The molecule has 0 aliphatic rings. The van der Waals surface area contributed by atoms with Crippen molar-refractivity contribution in [3.63, 3.8) is 0 Å². The van der Waals surface area contributed by atoms with Crippen LogP contribution >= 0.6 is 11.3 Å². The molecule has 57 heavy (non-hydrogen) atoms. The Morgan fingerprint density at radius 2 is 0.842 bits per heavy atom. The Labute approximate surface area is 334 Å². The van der Waals surface area contributed by atoms with E-state index in [-0.39, 0.29) is 0 Å². The predicted molar refractivity (Wildman–Crippen MR) is 240 cm³/mol. The standard InChI is InChI=1S/C53H33N3S/c1-3-15-34(16-4-1)41-30-29-35-17-7-8-22-40(35)49(41)38-21-13-20-37(33-38)39-31-32-46(43-24-10-9-23-42(39)43)52-54-51(36-18-5-2-6-19-36)55-53(56-52)47-27-14-26-45-44-25-11-12-28-48(44)57-50(45)47/h1-33H. The minimum absolute atomic E-state index is 0.650. The molecule has 4 heteroatoms. The highest BCUT2D eigenvalue weighted by Crippen LogP contribution is 2.43. The van der Waals surface area contributed by atoms with Crippen LogP contribution in [0, 0.1) is 0 Å². The van der Waals surface area contributed by atoms with Crippen molar-refractivity contribution < 1.29 is 0 Å². The molecule has 0 radical (unpaired) electrons. The summed E-state index contributed by atoms with van der Waals surface area (Å²) in [4.78, 5) is 15.6. The lowest BCUT2D eigenvalue weighted by molar-refractivity contribution is 1.08. The van der Waals surface area contributed by atoms with Gasteiger partial charge >= 0.3 is 0 Å². The van der Waals surface area contributed by atoms with E-state index in [0.717, 1.165) is 38.6 Å². The molecular formula is C53H33N3S. The van der Waals surface area contributed by atoms with Gasteiger partial charge in [-0.2, -0.15) is 0 Å². The maximum Gasteiger partial charge on any atom is 0.165 e. The van der Waals surface area contributed by atoms with Crippen molar-refractivity contribution in [3.05, 3.63) is 200 Å². The molecule has 0 aliphatic carbocycles. The number of benzene rings is 9. The molecule has 0 unspecified atom stereocenters. The second-order valence-corrected chi connectivity index (χ2v) is 15.4. The number of hydrogen-bond donors (Lipinski definition) is 0. The van der Waals surface area contributed by atoms with E-state index >= 15 is 0 Å². The lowest BCUT2D eigenvalue weighted by Gasteiger charge is -2.16. The summed E-state index contributed by atoms with van der Waals surface area (Å²) < 4.78 is 2.43. The highest BCUT2D eigenvalue weighted by Gasteiger charge is 2.19. The minimum Gasteiger partial charge on any atom is -0.208 e. The molecule has 0 saturated carbocycles. The summed E-state index contributed by atoms with van der Waals surface area (Å²) in [5.41, 5.74) is 10.1. The van der Waals surface area contributed by atoms with Crippen molar-refractivity contribution in [1.29, 1.82) is 0 Å². The molecule has 2 aromatic heterocycles. The molecule has 0 spiro atoms. The Kier molecular flexibility index (Phi) is 8.01. The summed E-state index contributed by atoms with van der Waals surface area (Å²) in [6, 6.07) is 71.1. The van der Waals surface area contributed by atoms with E-state index in [1.807, 2.05) is 18.2 Å². The van der Waals surface area contributed by atoms with E-state index in [4.69, 9.17) is 15.0 Å². The fourth-order valence-corrected chi connectivity index (χ4v) is 9.50. The second-order valence-electron chi connectivity index (χ2n) is 14.3. The van der Waals surface area contributed by atoms with Gasteiger partial charge in [0.1, 0.15) is 0 Å². The summed E-state index contributed by atoms with van der Waals surface area (Å²) in [5, 5.41) is 7.16. The van der Waals surface area contributed by atoms with Crippen molar-refractivity contribution in [2.24, 2.45) is 0 Å². The van der Waals surface area contributed by atoms with Crippen molar-refractivity contribution in [2.75, 3.05) is 0 Å². The largest absolute Gasteiger partial charge is 0.208 e. The molecule has 0 atom stereocenters. The Morgan fingerprint density at radius 3 is 1.65 bits per heavy atom. The van der Waals surface area contributed by atoms with E-state index in [1.165, 1.54) is 53.2 Å². The number of hydrogen-bond acceptors (Lipinski definition) is 4. The summed E-state index contributed by atoms with van der Waals surface area (Å²) in [6.45, 7) is 0. The normalized spacial score (nSPS) is 11.5. The Balaban J connectivity index is 1.09. The molecule has 3 nitrogen and oxygen atoms in total. The first-order valence-corrected chi connectivity index (χ1v) is 20.0. The molecule has 0 N–H and O–H groups in total. The Morgan fingerprint density at radius 1 is 0.298 bits per heavy atom. The second kappa shape index (κ2) is 13.8. The van der Waals surface area contributed by atoms with Gasteiger partial charge in [0.2, 0.25) is 0 Å². The summed E-state index contributed by atoms with van der Waals surface area (Å²) in [5.74, 6) is 1.97. The van der Waals surface area contributed by atoms with E-state index in [0.29, 0.717) is 17.5 Å². The molecule has 2 heterocycles. The number of thiophene rings is 1. The van der Waals surface area contributed by atoms with Crippen LogP contribution in [0.1, 0.15) is 0 Å². The molecule has 0 amide bonds. The number of rotatable bonds is 6. The maximum atomic E-state index is 5.28. The van der Waals surface area contributed by atoms with Crippen LogP contribution in [0.25, 0.3) is 109 Å². The van der Waals surface area contributed by atoms with Gasteiger partial charge in [-0.1, -0.05) is 176 Å². The SMILES string of the molecule is c1ccc(-c2nc(-c3ccc(-c4cccc(-c5c(-c6ccccc6)ccc6ccccc56)c4)c4ccccc34)nc(-c3cccc4c3sc3ccccc34)n2)cc1. The lowest BCUT2D eigenvalue weighted by Crippen LogP contribution is -2.01. The maximum absolute atomic E-state index is 5.28. The van der Waals surface area contributed by atoms with Crippen molar-refractivity contribution in [3.8, 4) is 67.5 Å². The summed E-state index contributed by atoms with van der Waals surface area (Å²) >= 11 is 1.79. The zero-order chi connectivity index (χ0) is 37.7. The third-order valence-electron chi connectivity index (χ3n) is 11.0. The Hall–Kier alpha value is -7.27. The summed E-state index contributed by atoms with van der Waals surface area (Å²) in [7, 11) is 0. The van der Waals surface area contributed by atoms with Crippen molar-refractivity contribution in [2.45, 2.75) is 0 Å². The van der Waals surface area contributed by atoms with Crippen LogP contribution in [0.4, 0.5) is 0 Å². The molecule has 11 rings (SSSR count). The lowest BCUT2D eigenvalue weighted by atomic mass is 9.88. The highest BCUT2D eigenvalue weighted by atomic mass is 32.1. The average molecular weight is 744 g/mol. The fraction of sp³-hybridized carbons (Fsp3) is 0. The van der Waals surface area contributed by atoms with Gasteiger partial charge < -0.3 is 0 Å². The van der Waals surface area contributed by atoms with Crippen molar-refractivity contribution in [1.82, 2.24) is 15.0 Å². The quantitative estimate of drug-likeness (QED) is 0.170. The van der Waals surface area contributed by atoms with E-state index in [2.05, 4.69) is 182 Å². The Bertz CT molecular complexity index is 3300. The summed E-state index contributed by atoms with van der Waals surface area (Å²) in [6.07, 6.45) is 0. The van der Waals surface area contributed by atoms with Crippen LogP contribution in [0.15, 0.2) is 200 Å². The van der Waals surface area contributed by atoms with Gasteiger partial charge in [-0.3, -0.25) is 0 Å². The van der Waals surface area contributed by atoms with Gasteiger partial charge in [0.25, 0.3) is 0 Å². The molecule has 266 valence electrons. The number of fused-ring (bicyclic) bond motifs is 5. The minimum atomic E-state index is 0.650. The van der Waals surface area contributed by atoms with E-state index in [9.17, 15) is 0 Å². The molecule has 0 saturated heterocycles. The van der Waals surface area contributed by atoms with Gasteiger partial charge in [0, 0.05) is 36.9 Å². The molecule has 0 bridgehead atoms. The highest BCUT2D eigenvalue weighted by molar-refractivity contribution is 7.26. The molecule has 0 fully saturated rings. The first-order valence-electron chi connectivity index (χ1n) is 19.2. The zero-order valence-corrected chi connectivity index (χ0v) is 31.6. The third-order valence-corrected chi connectivity index (χ3v) is 12.2. The fourth-order valence-electron chi connectivity index (χ4n) is 8.29. The van der Waals surface area contributed by atoms with Crippen LogP contribution in [0.2, 0.25) is 0 Å². The van der Waals surface area contributed by atoms with E-state index < -0.39 is 0 Å². The molecular weight excluding hydrogens is 711 g/mol. The van der Waals surface area contributed by atoms with Crippen LogP contribution < -0.4 is 0 Å². The van der Waals surface area contributed by atoms with Gasteiger partial charge in [0.15, 0.2) is 17.5 Å².